The van der Waals surface area contributed by atoms with Crippen LogP contribution in [0.2, 0.25) is 0 Å². The number of rotatable bonds is 3. The molecule has 0 aliphatic heterocycles. The molecule has 1 aromatic rings. The Labute approximate surface area is 106 Å². The SMILES string of the molecule is Cc1cc(C)nc(SC2CCC(N)(CO)C2)n1. The fourth-order valence-corrected chi connectivity index (χ4v) is 3.59. The first-order valence-corrected chi connectivity index (χ1v) is 6.77. The molecule has 0 amide bonds. The average molecular weight is 253 g/mol. The molecule has 1 aliphatic rings. The van der Waals surface area contributed by atoms with E-state index in [1.54, 1.807) is 11.8 Å². The van der Waals surface area contributed by atoms with Crippen molar-refractivity contribution in [3.05, 3.63) is 17.5 Å². The number of aryl methyl sites for hydroxylation is 2. The van der Waals surface area contributed by atoms with Gasteiger partial charge in [0.05, 0.1) is 6.61 Å². The number of thioether (sulfide) groups is 1. The van der Waals surface area contributed by atoms with Crippen LogP contribution in [0.25, 0.3) is 0 Å². The molecule has 0 radical (unpaired) electrons. The number of nitrogens with two attached hydrogens (primary N) is 1. The molecule has 0 saturated heterocycles. The predicted octanol–water partition coefficient (Wildman–Crippen LogP) is 1.43. The number of aliphatic hydroxyl groups excluding tert-OH is 1. The lowest BCUT2D eigenvalue weighted by Crippen LogP contribution is -2.40. The summed E-state index contributed by atoms with van der Waals surface area (Å²) in [5.41, 5.74) is 7.66. The standard InChI is InChI=1S/C12H19N3OS/c1-8-5-9(2)15-11(14-8)17-10-3-4-12(13,6-10)7-16/h5,10,16H,3-4,6-7,13H2,1-2H3. The average Bonchev–Trinajstić information content (AvgIpc) is 2.59. The smallest absolute Gasteiger partial charge is 0.188 e. The summed E-state index contributed by atoms with van der Waals surface area (Å²) in [6, 6.07) is 1.97. The van der Waals surface area contributed by atoms with Crippen molar-refractivity contribution >= 4 is 11.8 Å². The maximum atomic E-state index is 9.23. The summed E-state index contributed by atoms with van der Waals surface area (Å²) in [5, 5.41) is 10.5. The molecular formula is C12H19N3OS. The highest BCUT2D eigenvalue weighted by atomic mass is 32.2. The lowest BCUT2D eigenvalue weighted by Gasteiger charge is -2.20. The van der Waals surface area contributed by atoms with Crippen LogP contribution in [0.3, 0.4) is 0 Å². The summed E-state index contributed by atoms with van der Waals surface area (Å²) in [6.45, 7) is 4.03. The summed E-state index contributed by atoms with van der Waals surface area (Å²) in [7, 11) is 0. The van der Waals surface area contributed by atoms with E-state index >= 15 is 0 Å². The number of hydrogen-bond acceptors (Lipinski definition) is 5. The van der Waals surface area contributed by atoms with Crippen molar-refractivity contribution in [3.8, 4) is 0 Å². The Morgan fingerprint density at radius 2 is 2.12 bits per heavy atom. The first-order chi connectivity index (χ1) is 8.00. The minimum absolute atomic E-state index is 0.0672. The molecule has 0 spiro atoms. The third-order valence-corrected chi connectivity index (χ3v) is 4.28. The van der Waals surface area contributed by atoms with Gasteiger partial charge in [0.15, 0.2) is 5.16 Å². The summed E-state index contributed by atoms with van der Waals surface area (Å²) >= 11 is 1.68. The molecule has 0 bridgehead atoms. The van der Waals surface area contributed by atoms with Gasteiger partial charge in [-0.2, -0.15) is 0 Å². The molecule has 5 heteroatoms. The Morgan fingerprint density at radius 1 is 1.47 bits per heavy atom. The van der Waals surface area contributed by atoms with Crippen LogP contribution in [0.15, 0.2) is 11.2 Å². The number of aliphatic hydroxyl groups is 1. The molecule has 3 N–H and O–H groups in total. The lowest BCUT2D eigenvalue weighted by molar-refractivity contribution is 0.200. The van der Waals surface area contributed by atoms with Gasteiger partial charge in [0.2, 0.25) is 0 Å². The Kier molecular flexibility index (Phi) is 3.70. The number of nitrogens with zero attached hydrogens (tertiary/aromatic N) is 2. The molecule has 17 heavy (non-hydrogen) atoms. The second-order valence-corrected chi connectivity index (χ2v) is 6.20. The summed E-state index contributed by atoms with van der Waals surface area (Å²) in [6.07, 6.45) is 2.74. The highest BCUT2D eigenvalue weighted by Gasteiger charge is 2.35. The van der Waals surface area contributed by atoms with Gasteiger partial charge >= 0.3 is 0 Å². The van der Waals surface area contributed by atoms with Crippen molar-refractivity contribution in [3.63, 3.8) is 0 Å². The zero-order valence-electron chi connectivity index (χ0n) is 10.3. The second kappa shape index (κ2) is 4.92. The second-order valence-electron chi connectivity index (χ2n) is 4.94. The van der Waals surface area contributed by atoms with E-state index in [0.29, 0.717) is 5.25 Å². The highest BCUT2D eigenvalue weighted by Crippen LogP contribution is 2.37. The van der Waals surface area contributed by atoms with Crippen molar-refractivity contribution in [1.82, 2.24) is 9.97 Å². The van der Waals surface area contributed by atoms with Crippen LogP contribution in [-0.4, -0.2) is 32.5 Å². The van der Waals surface area contributed by atoms with Crippen LogP contribution in [0.4, 0.5) is 0 Å². The van der Waals surface area contributed by atoms with Gasteiger partial charge in [-0.3, -0.25) is 0 Å². The first-order valence-electron chi connectivity index (χ1n) is 5.89. The maximum Gasteiger partial charge on any atom is 0.188 e. The Bertz CT molecular complexity index is 392. The van der Waals surface area contributed by atoms with Crippen molar-refractivity contribution in [2.24, 2.45) is 5.73 Å². The molecule has 2 atom stereocenters. The zero-order valence-corrected chi connectivity index (χ0v) is 11.1. The van der Waals surface area contributed by atoms with Crippen LogP contribution in [0, 0.1) is 13.8 Å². The third-order valence-electron chi connectivity index (χ3n) is 3.15. The van der Waals surface area contributed by atoms with Gasteiger partial charge < -0.3 is 10.8 Å². The monoisotopic (exact) mass is 253 g/mol. The Morgan fingerprint density at radius 3 is 2.65 bits per heavy atom. The van der Waals surface area contributed by atoms with Crippen molar-refractivity contribution in [2.75, 3.05) is 6.61 Å². The van der Waals surface area contributed by atoms with E-state index in [-0.39, 0.29) is 6.61 Å². The highest BCUT2D eigenvalue weighted by molar-refractivity contribution is 7.99. The molecule has 1 heterocycles. The number of aromatic nitrogens is 2. The molecule has 1 aromatic heterocycles. The van der Waals surface area contributed by atoms with E-state index in [0.717, 1.165) is 35.8 Å². The maximum absolute atomic E-state index is 9.23. The van der Waals surface area contributed by atoms with Gasteiger partial charge in [0.25, 0.3) is 0 Å². The largest absolute Gasteiger partial charge is 0.394 e. The fourth-order valence-electron chi connectivity index (χ4n) is 2.25. The molecule has 1 aliphatic carbocycles. The molecule has 1 fully saturated rings. The fraction of sp³-hybridized carbons (Fsp3) is 0.667. The van der Waals surface area contributed by atoms with Crippen molar-refractivity contribution in [2.45, 2.75) is 49.1 Å². The van der Waals surface area contributed by atoms with E-state index in [2.05, 4.69) is 9.97 Å². The first kappa shape index (κ1) is 12.8. The van der Waals surface area contributed by atoms with Crippen molar-refractivity contribution in [1.29, 1.82) is 0 Å². The van der Waals surface area contributed by atoms with Crippen LogP contribution >= 0.6 is 11.8 Å². The van der Waals surface area contributed by atoms with Gasteiger partial charge in [-0.1, -0.05) is 11.8 Å². The van der Waals surface area contributed by atoms with Crippen LogP contribution < -0.4 is 5.73 Å². The summed E-state index contributed by atoms with van der Waals surface area (Å²) < 4.78 is 0. The third kappa shape index (κ3) is 3.18. The van der Waals surface area contributed by atoms with Gasteiger partial charge in [-0.25, -0.2) is 9.97 Å². The van der Waals surface area contributed by atoms with E-state index in [1.807, 2.05) is 19.9 Å². The molecule has 2 rings (SSSR count). The molecular weight excluding hydrogens is 234 g/mol. The lowest BCUT2D eigenvalue weighted by atomic mass is 10.0. The van der Waals surface area contributed by atoms with Gasteiger partial charge in [-0.05, 0) is 39.2 Å². The Balaban J connectivity index is 2.02. The zero-order chi connectivity index (χ0) is 12.5. The van der Waals surface area contributed by atoms with Gasteiger partial charge in [0, 0.05) is 22.2 Å². The van der Waals surface area contributed by atoms with Gasteiger partial charge in [-0.15, -0.1) is 0 Å². The molecule has 2 unspecified atom stereocenters. The van der Waals surface area contributed by atoms with Crippen molar-refractivity contribution < 1.29 is 5.11 Å². The van der Waals surface area contributed by atoms with E-state index in [9.17, 15) is 5.11 Å². The molecule has 94 valence electrons. The number of hydrogen-bond donors (Lipinski definition) is 2. The van der Waals surface area contributed by atoms with E-state index < -0.39 is 5.54 Å². The minimum atomic E-state index is -0.392. The molecule has 4 nitrogen and oxygen atoms in total. The summed E-state index contributed by atoms with van der Waals surface area (Å²) in [4.78, 5) is 8.84. The topological polar surface area (TPSA) is 72.0 Å². The summed E-state index contributed by atoms with van der Waals surface area (Å²) in [5.74, 6) is 0. The molecule has 1 saturated carbocycles. The van der Waals surface area contributed by atoms with Gasteiger partial charge in [0.1, 0.15) is 0 Å². The Hall–Kier alpha value is -0.650. The van der Waals surface area contributed by atoms with E-state index in [1.165, 1.54) is 0 Å². The van der Waals surface area contributed by atoms with Crippen LogP contribution in [0.1, 0.15) is 30.7 Å². The normalized spacial score (nSPS) is 28.6. The van der Waals surface area contributed by atoms with Crippen LogP contribution in [-0.2, 0) is 0 Å². The predicted molar refractivity (Wildman–Crippen MR) is 69.0 cm³/mol. The van der Waals surface area contributed by atoms with E-state index in [4.69, 9.17) is 5.73 Å². The molecule has 0 aromatic carbocycles. The quantitative estimate of drug-likeness (QED) is 0.797. The minimum Gasteiger partial charge on any atom is -0.394 e. The van der Waals surface area contributed by atoms with Crippen LogP contribution in [0.5, 0.6) is 0 Å².